The first-order valence-corrected chi connectivity index (χ1v) is 6.20. The monoisotopic (exact) mass is 234 g/mol. The van der Waals surface area contributed by atoms with Crippen LogP contribution in [0.4, 0.5) is 0 Å². The number of allylic oxidation sites excluding steroid dienone is 1. The molecule has 2 aromatic rings. The van der Waals surface area contributed by atoms with E-state index in [1.807, 2.05) is 11.3 Å². The largest absolute Gasteiger partial charge is 0.143 e. The van der Waals surface area contributed by atoms with Gasteiger partial charge in [0, 0.05) is 14.5 Å². The fourth-order valence-electron chi connectivity index (χ4n) is 1.65. The Morgan fingerprint density at radius 1 is 1.27 bits per heavy atom. The van der Waals surface area contributed by atoms with Crippen molar-refractivity contribution in [1.82, 2.24) is 0 Å². The average molecular weight is 234 g/mol. The van der Waals surface area contributed by atoms with Crippen LogP contribution in [0.3, 0.4) is 0 Å². The van der Waals surface area contributed by atoms with Crippen molar-refractivity contribution in [1.29, 1.82) is 0 Å². The van der Waals surface area contributed by atoms with E-state index in [1.54, 1.807) is 0 Å². The summed E-state index contributed by atoms with van der Waals surface area (Å²) < 4.78 is 1.32. The Morgan fingerprint density at radius 2 is 2.00 bits per heavy atom. The molecular weight excluding hydrogens is 220 g/mol. The Hall–Kier alpha value is -0.730. The zero-order valence-corrected chi connectivity index (χ0v) is 10.9. The number of hydrogen-bond acceptors (Lipinski definition) is 2. The fraction of sp³-hybridized carbons (Fsp3) is 0.231. The van der Waals surface area contributed by atoms with E-state index >= 15 is 0 Å². The first kappa shape index (κ1) is 10.8. The number of hydrogen-bond donors (Lipinski definition) is 1. The second kappa shape index (κ2) is 4.03. The van der Waals surface area contributed by atoms with Gasteiger partial charge in [-0.2, -0.15) is 0 Å². The Kier molecular flexibility index (Phi) is 2.89. The fourth-order valence-corrected chi connectivity index (χ4v) is 2.94. The Bertz CT molecular complexity index is 529. The summed E-state index contributed by atoms with van der Waals surface area (Å²) in [5.74, 6) is 0. The highest BCUT2D eigenvalue weighted by atomic mass is 32.1. The maximum absolute atomic E-state index is 4.52. The average Bonchev–Trinajstić information content (AvgIpc) is 2.44. The summed E-state index contributed by atoms with van der Waals surface area (Å²) in [5, 5.41) is 1.32. The van der Waals surface area contributed by atoms with E-state index < -0.39 is 0 Å². The molecule has 0 unspecified atom stereocenters. The van der Waals surface area contributed by atoms with Crippen molar-refractivity contribution in [2.45, 2.75) is 25.7 Å². The van der Waals surface area contributed by atoms with E-state index in [1.165, 1.54) is 26.1 Å². The van der Waals surface area contributed by atoms with E-state index in [9.17, 15) is 0 Å². The second-order valence-corrected chi connectivity index (χ2v) is 5.80. The van der Waals surface area contributed by atoms with Gasteiger partial charge in [-0.25, -0.2) is 0 Å². The van der Waals surface area contributed by atoms with Gasteiger partial charge < -0.3 is 0 Å². The normalized spacial score (nSPS) is 10.7. The molecule has 0 aliphatic carbocycles. The maximum Gasteiger partial charge on any atom is 0.0357 e. The zero-order chi connectivity index (χ0) is 11.0. The summed E-state index contributed by atoms with van der Waals surface area (Å²) in [4.78, 5) is 2.41. The van der Waals surface area contributed by atoms with E-state index in [0.29, 0.717) is 0 Å². The van der Waals surface area contributed by atoms with Gasteiger partial charge in [-0.3, -0.25) is 0 Å². The molecular formula is C13H14S2. The number of fused-ring (bicyclic) bond motifs is 1. The third-order valence-electron chi connectivity index (χ3n) is 2.23. The molecule has 0 spiro atoms. The van der Waals surface area contributed by atoms with Crippen molar-refractivity contribution in [2.75, 3.05) is 0 Å². The number of aryl methyl sites for hydroxylation is 1. The molecule has 0 amide bonds. The predicted molar refractivity (Wildman–Crippen MR) is 73.1 cm³/mol. The third-order valence-corrected chi connectivity index (χ3v) is 3.63. The van der Waals surface area contributed by atoms with Crippen LogP contribution in [0, 0.1) is 6.92 Å². The van der Waals surface area contributed by atoms with Crippen LogP contribution < -0.4 is 0 Å². The minimum atomic E-state index is 1.06. The SMILES string of the molecule is CC(C)=Cc1cc2cc(C)sc2cc1S. The van der Waals surface area contributed by atoms with Gasteiger partial charge in [0.05, 0.1) is 0 Å². The van der Waals surface area contributed by atoms with Gasteiger partial charge in [0.15, 0.2) is 0 Å². The molecule has 0 saturated heterocycles. The van der Waals surface area contributed by atoms with Crippen LogP contribution in [0.1, 0.15) is 24.3 Å². The van der Waals surface area contributed by atoms with E-state index in [0.717, 1.165) is 4.90 Å². The van der Waals surface area contributed by atoms with Crippen molar-refractivity contribution in [2.24, 2.45) is 0 Å². The van der Waals surface area contributed by atoms with Gasteiger partial charge >= 0.3 is 0 Å². The van der Waals surface area contributed by atoms with Gasteiger partial charge in [0.2, 0.25) is 0 Å². The molecule has 1 aromatic carbocycles. The molecule has 0 bridgehead atoms. The second-order valence-electron chi connectivity index (χ2n) is 4.03. The smallest absolute Gasteiger partial charge is 0.0357 e. The topological polar surface area (TPSA) is 0 Å². The predicted octanol–water partition coefficient (Wildman–Crippen LogP) is 4.92. The quantitative estimate of drug-likeness (QED) is 0.665. The summed E-state index contributed by atoms with van der Waals surface area (Å²) in [6.07, 6.45) is 2.18. The molecule has 0 aliphatic rings. The highest BCUT2D eigenvalue weighted by molar-refractivity contribution is 7.80. The van der Waals surface area contributed by atoms with Gasteiger partial charge in [0.1, 0.15) is 0 Å². The van der Waals surface area contributed by atoms with Crippen LogP contribution in [0.15, 0.2) is 28.7 Å². The first-order valence-electron chi connectivity index (χ1n) is 4.94. The Morgan fingerprint density at radius 3 is 2.67 bits per heavy atom. The van der Waals surface area contributed by atoms with Crippen LogP contribution in [-0.4, -0.2) is 0 Å². The standard InChI is InChI=1S/C13H14S2/c1-8(2)4-10-6-11-5-9(3)15-13(11)7-12(10)14/h4-7,14H,1-3H3. The number of thiophene rings is 1. The number of benzene rings is 1. The number of thiol groups is 1. The molecule has 2 heteroatoms. The summed E-state index contributed by atoms with van der Waals surface area (Å²) >= 11 is 6.34. The molecule has 1 aromatic heterocycles. The molecule has 0 N–H and O–H groups in total. The van der Waals surface area contributed by atoms with Crippen molar-refractivity contribution in [3.05, 3.63) is 34.2 Å². The summed E-state index contributed by atoms with van der Waals surface area (Å²) in [6, 6.07) is 6.61. The van der Waals surface area contributed by atoms with Gasteiger partial charge in [-0.1, -0.05) is 11.6 Å². The van der Waals surface area contributed by atoms with Crippen molar-refractivity contribution in [3.8, 4) is 0 Å². The van der Waals surface area contributed by atoms with Crippen LogP contribution >= 0.6 is 24.0 Å². The lowest BCUT2D eigenvalue weighted by Crippen LogP contribution is -1.77. The Balaban J connectivity index is 2.66. The highest BCUT2D eigenvalue weighted by Gasteiger charge is 2.02. The van der Waals surface area contributed by atoms with Crippen LogP contribution in [0.5, 0.6) is 0 Å². The molecule has 0 atom stereocenters. The van der Waals surface area contributed by atoms with Crippen LogP contribution in [-0.2, 0) is 0 Å². The molecule has 0 nitrogen and oxygen atoms in total. The van der Waals surface area contributed by atoms with E-state index in [-0.39, 0.29) is 0 Å². The molecule has 0 fully saturated rings. The number of rotatable bonds is 1. The summed E-state index contributed by atoms with van der Waals surface area (Å²) in [5.41, 5.74) is 2.51. The van der Waals surface area contributed by atoms with Gasteiger partial charge in [0.25, 0.3) is 0 Å². The highest BCUT2D eigenvalue weighted by Crippen LogP contribution is 2.30. The van der Waals surface area contributed by atoms with Crippen molar-refractivity contribution in [3.63, 3.8) is 0 Å². The molecule has 2 rings (SSSR count). The summed E-state index contributed by atoms with van der Waals surface area (Å²) in [7, 11) is 0. The van der Waals surface area contributed by atoms with Gasteiger partial charge in [-0.05, 0) is 49.9 Å². The summed E-state index contributed by atoms with van der Waals surface area (Å²) in [6.45, 7) is 6.36. The Labute approximate surface area is 100 Å². The molecule has 0 aliphatic heterocycles. The zero-order valence-electron chi connectivity index (χ0n) is 9.16. The lowest BCUT2D eigenvalue weighted by molar-refractivity contribution is 1.39. The molecule has 0 saturated carbocycles. The lowest BCUT2D eigenvalue weighted by Gasteiger charge is -2.01. The molecule has 15 heavy (non-hydrogen) atoms. The van der Waals surface area contributed by atoms with Crippen LogP contribution in [0.25, 0.3) is 16.2 Å². The van der Waals surface area contributed by atoms with E-state index in [4.69, 9.17) is 0 Å². The van der Waals surface area contributed by atoms with Crippen LogP contribution in [0.2, 0.25) is 0 Å². The van der Waals surface area contributed by atoms with E-state index in [2.05, 4.69) is 57.7 Å². The maximum atomic E-state index is 4.52. The minimum absolute atomic E-state index is 1.06. The van der Waals surface area contributed by atoms with Gasteiger partial charge in [-0.15, -0.1) is 24.0 Å². The molecule has 1 heterocycles. The first-order chi connectivity index (χ1) is 7.06. The van der Waals surface area contributed by atoms with Crippen molar-refractivity contribution < 1.29 is 0 Å². The minimum Gasteiger partial charge on any atom is -0.143 e. The third kappa shape index (κ3) is 2.27. The van der Waals surface area contributed by atoms with Crippen molar-refractivity contribution >= 4 is 40.1 Å². The lowest BCUT2D eigenvalue weighted by atomic mass is 10.1. The molecule has 78 valence electrons. The molecule has 0 radical (unpaired) electrons.